The van der Waals surface area contributed by atoms with Crippen LogP contribution >= 0.6 is 0 Å². The predicted molar refractivity (Wildman–Crippen MR) is 119 cm³/mol. The van der Waals surface area contributed by atoms with E-state index in [9.17, 15) is 18.0 Å². The molecule has 3 aromatic carbocycles. The first-order valence-corrected chi connectivity index (χ1v) is 10.1. The van der Waals surface area contributed by atoms with Crippen LogP contribution in [0.5, 0.6) is 0 Å². The molecule has 0 saturated carbocycles. The van der Waals surface area contributed by atoms with E-state index in [0.29, 0.717) is 24.1 Å². The Morgan fingerprint density at radius 2 is 1.62 bits per heavy atom. The maximum Gasteiger partial charge on any atom is 0.416 e. The van der Waals surface area contributed by atoms with Crippen LogP contribution in [0.4, 0.5) is 13.2 Å². The van der Waals surface area contributed by atoms with Gasteiger partial charge in [0.15, 0.2) is 0 Å². The third-order valence-corrected chi connectivity index (χ3v) is 4.64. The van der Waals surface area contributed by atoms with Gasteiger partial charge < -0.3 is 15.5 Å². The maximum atomic E-state index is 12.5. The van der Waals surface area contributed by atoms with Crippen molar-refractivity contribution in [2.24, 2.45) is 0 Å². The summed E-state index contributed by atoms with van der Waals surface area (Å²) in [7, 11) is 0. The third-order valence-electron chi connectivity index (χ3n) is 4.64. The number of halogens is 3. The molecule has 32 heavy (non-hydrogen) atoms. The molecule has 0 spiro atoms. The summed E-state index contributed by atoms with van der Waals surface area (Å²) in [5, 5.41) is 20.7. The van der Waals surface area contributed by atoms with Crippen LogP contribution in [-0.2, 0) is 12.6 Å². The predicted octanol–water partition coefficient (Wildman–Crippen LogP) is 5.27. The molecular formula is C25H26F3NO3. The second-order valence-electron chi connectivity index (χ2n) is 7.20. The summed E-state index contributed by atoms with van der Waals surface area (Å²) in [6.45, 7) is 2.34. The number of rotatable bonds is 7. The number of nitrogens with one attached hydrogen (secondary N) is 1. The van der Waals surface area contributed by atoms with Gasteiger partial charge in [-0.15, -0.1) is 0 Å². The van der Waals surface area contributed by atoms with Crippen molar-refractivity contribution >= 4 is 5.97 Å². The van der Waals surface area contributed by atoms with Crippen molar-refractivity contribution in [3.05, 3.63) is 95.6 Å². The van der Waals surface area contributed by atoms with Gasteiger partial charge in [-0.2, -0.15) is 13.2 Å². The molecule has 3 aromatic rings. The number of benzene rings is 3. The fraction of sp³-hybridized carbons (Fsp3) is 0.240. The van der Waals surface area contributed by atoms with E-state index in [1.165, 1.54) is 6.07 Å². The lowest BCUT2D eigenvalue weighted by atomic mass is 10.00. The quantitative estimate of drug-likeness (QED) is 0.463. The van der Waals surface area contributed by atoms with Gasteiger partial charge in [0.1, 0.15) is 0 Å². The van der Waals surface area contributed by atoms with E-state index in [1.54, 1.807) is 18.2 Å². The van der Waals surface area contributed by atoms with Gasteiger partial charge in [0.05, 0.1) is 17.7 Å². The van der Waals surface area contributed by atoms with Gasteiger partial charge in [0.25, 0.3) is 0 Å². The standard InChI is InChI=1S/C13H10O2.C12H16F3NO/c14-13(15)12-9-5-4-8-11(12)10-6-2-1-3-7-10;1-9(16-5-6-17)7-10-3-2-4-11(8-10)12(13,14)15/h1-9H,(H,14,15);2-4,8-9,16-17H,5-7H2,1H3. The first-order valence-electron chi connectivity index (χ1n) is 10.1. The molecule has 0 aliphatic rings. The highest BCUT2D eigenvalue weighted by Crippen LogP contribution is 2.29. The Morgan fingerprint density at radius 3 is 2.25 bits per heavy atom. The van der Waals surface area contributed by atoms with E-state index in [0.717, 1.165) is 23.3 Å². The molecule has 0 aliphatic carbocycles. The Morgan fingerprint density at radius 1 is 0.969 bits per heavy atom. The smallest absolute Gasteiger partial charge is 0.416 e. The molecule has 1 unspecified atom stereocenters. The molecule has 3 rings (SSSR count). The first kappa shape index (κ1) is 25.1. The first-order chi connectivity index (χ1) is 15.2. The van der Waals surface area contributed by atoms with E-state index in [2.05, 4.69) is 5.32 Å². The summed E-state index contributed by atoms with van der Waals surface area (Å²) in [6, 6.07) is 21.9. The van der Waals surface area contributed by atoms with E-state index in [1.807, 2.05) is 49.4 Å². The molecule has 0 bridgehead atoms. The molecule has 0 saturated heterocycles. The largest absolute Gasteiger partial charge is 0.478 e. The van der Waals surface area contributed by atoms with Crippen LogP contribution < -0.4 is 5.32 Å². The van der Waals surface area contributed by atoms with E-state index in [-0.39, 0.29) is 12.6 Å². The highest BCUT2D eigenvalue weighted by Gasteiger charge is 2.30. The van der Waals surface area contributed by atoms with Crippen molar-refractivity contribution in [1.29, 1.82) is 0 Å². The summed E-state index contributed by atoms with van der Waals surface area (Å²) in [6.07, 6.45) is -3.79. The van der Waals surface area contributed by atoms with Crippen LogP contribution in [0.25, 0.3) is 11.1 Å². The van der Waals surface area contributed by atoms with Crippen molar-refractivity contribution in [3.8, 4) is 11.1 Å². The molecule has 0 amide bonds. The van der Waals surface area contributed by atoms with E-state index in [4.69, 9.17) is 10.2 Å². The number of alkyl halides is 3. The van der Waals surface area contributed by atoms with E-state index >= 15 is 0 Å². The molecule has 0 radical (unpaired) electrons. The molecule has 0 fully saturated rings. The Kier molecular flexibility index (Phi) is 9.43. The van der Waals surface area contributed by atoms with Crippen molar-refractivity contribution in [3.63, 3.8) is 0 Å². The number of hydrogen-bond donors (Lipinski definition) is 3. The van der Waals surface area contributed by atoms with E-state index < -0.39 is 17.7 Å². The van der Waals surface area contributed by atoms with Gasteiger partial charge in [-0.05, 0) is 42.2 Å². The zero-order valence-electron chi connectivity index (χ0n) is 17.6. The summed E-state index contributed by atoms with van der Waals surface area (Å²) >= 11 is 0. The van der Waals surface area contributed by atoms with Crippen LogP contribution in [-0.4, -0.2) is 35.4 Å². The Balaban J connectivity index is 0.000000228. The van der Waals surface area contributed by atoms with Crippen LogP contribution in [0.3, 0.4) is 0 Å². The molecule has 1 atom stereocenters. The number of carbonyl (C=O) groups is 1. The molecule has 3 N–H and O–H groups in total. The van der Waals surface area contributed by atoms with Crippen LogP contribution in [0, 0.1) is 0 Å². The maximum absolute atomic E-state index is 12.5. The molecule has 0 aromatic heterocycles. The molecule has 0 heterocycles. The number of aliphatic hydroxyl groups is 1. The Hall–Kier alpha value is -3.16. The van der Waals surface area contributed by atoms with Gasteiger partial charge >= 0.3 is 12.1 Å². The lowest BCUT2D eigenvalue weighted by Gasteiger charge is -2.14. The zero-order valence-corrected chi connectivity index (χ0v) is 17.6. The average molecular weight is 445 g/mol. The van der Waals surface area contributed by atoms with Crippen molar-refractivity contribution in [2.45, 2.75) is 25.6 Å². The fourth-order valence-corrected chi connectivity index (χ4v) is 3.15. The fourth-order valence-electron chi connectivity index (χ4n) is 3.15. The lowest BCUT2D eigenvalue weighted by molar-refractivity contribution is -0.137. The number of carboxylic acids is 1. The zero-order chi connectivity index (χ0) is 23.6. The summed E-state index contributed by atoms with van der Waals surface area (Å²) in [5.74, 6) is -0.894. The summed E-state index contributed by atoms with van der Waals surface area (Å²) in [4.78, 5) is 11.0. The minimum atomic E-state index is -4.29. The topological polar surface area (TPSA) is 69.6 Å². The Bertz CT molecular complexity index is 991. The minimum absolute atomic E-state index is 0.0208. The highest BCUT2D eigenvalue weighted by molar-refractivity contribution is 5.95. The lowest BCUT2D eigenvalue weighted by Crippen LogP contribution is -2.30. The molecule has 7 heteroatoms. The summed E-state index contributed by atoms with van der Waals surface area (Å²) < 4.78 is 37.4. The van der Waals surface area contributed by atoms with Crippen LogP contribution in [0.2, 0.25) is 0 Å². The van der Waals surface area contributed by atoms with Gasteiger partial charge in [0.2, 0.25) is 0 Å². The normalized spacial score (nSPS) is 11.9. The van der Waals surface area contributed by atoms with Crippen molar-refractivity contribution in [1.82, 2.24) is 5.32 Å². The second-order valence-corrected chi connectivity index (χ2v) is 7.20. The number of hydrogen-bond acceptors (Lipinski definition) is 3. The average Bonchev–Trinajstić information content (AvgIpc) is 2.78. The van der Waals surface area contributed by atoms with Gasteiger partial charge in [-0.1, -0.05) is 66.7 Å². The van der Waals surface area contributed by atoms with Crippen LogP contribution in [0.15, 0.2) is 78.9 Å². The Labute approximate surface area is 185 Å². The SMILES string of the molecule is CC(Cc1cccc(C(F)(F)F)c1)NCCO.O=C(O)c1ccccc1-c1ccccc1. The van der Waals surface area contributed by atoms with Crippen LogP contribution in [0.1, 0.15) is 28.4 Å². The molecular weight excluding hydrogens is 419 g/mol. The van der Waals surface area contributed by atoms with Gasteiger partial charge in [-0.25, -0.2) is 4.79 Å². The van der Waals surface area contributed by atoms with Crippen molar-refractivity contribution < 1.29 is 28.2 Å². The third kappa shape index (κ3) is 7.83. The second kappa shape index (κ2) is 12.0. The highest BCUT2D eigenvalue weighted by atomic mass is 19.4. The van der Waals surface area contributed by atoms with Crippen molar-refractivity contribution in [2.75, 3.05) is 13.2 Å². The number of aromatic carboxylic acids is 1. The summed E-state index contributed by atoms with van der Waals surface area (Å²) in [5.41, 5.74) is 2.03. The number of aliphatic hydroxyl groups excluding tert-OH is 1. The van der Waals surface area contributed by atoms with Gasteiger partial charge in [-0.3, -0.25) is 0 Å². The van der Waals surface area contributed by atoms with Gasteiger partial charge in [0, 0.05) is 12.6 Å². The number of carboxylic acid groups (broad SMARTS) is 1. The minimum Gasteiger partial charge on any atom is -0.478 e. The molecule has 4 nitrogen and oxygen atoms in total. The molecule has 0 aliphatic heterocycles. The monoisotopic (exact) mass is 445 g/mol. The molecule has 170 valence electrons.